The number of hydrogen-bond acceptors (Lipinski definition) is 13. The summed E-state index contributed by atoms with van der Waals surface area (Å²) in [7, 11) is -0.00997. The molecule has 350 valence electrons. The van der Waals surface area contributed by atoms with Crippen LogP contribution >= 0.6 is 42.5 Å². The van der Waals surface area contributed by atoms with Crippen LogP contribution in [0.3, 0.4) is 0 Å². The number of thiazole rings is 1. The largest absolute Gasteiger partial charge is 0.497 e. The van der Waals surface area contributed by atoms with Crippen LogP contribution in [0.2, 0.25) is 0 Å². The summed E-state index contributed by atoms with van der Waals surface area (Å²) < 4.78 is 50.0. The van der Waals surface area contributed by atoms with Crippen LogP contribution in [-0.4, -0.2) is 78.6 Å². The standard InChI is InChI=1S/C50H47FN5O8PS3/c1-61-39-21-19-34(20-22-39)29-64-48(59)44-35(31-66-40-23-26-55(27-24-40)28-25-51)32-67-47-43(46(58)56(44)47)53-45(57)41(30-65(60,62-2)63-3)42-33-68-49(52-42)54-50(36-13-7-4-8-14-36,37-15-9-5-10-16-37)38-17-11-6-12-18-38/h4-24,26-27,30,33,43,47H,25,28-29,31-32H2,1-3H3,(H-,52,53,54,57)/p+1/b41-30-/t43-,47-/m1/s1. The zero-order chi connectivity index (χ0) is 47.7. The number of pyridine rings is 1. The lowest BCUT2D eigenvalue weighted by Crippen LogP contribution is -2.70. The van der Waals surface area contributed by atoms with Gasteiger partial charge in [-0.2, -0.15) is 0 Å². The maximum absolute atomic E-state index is 14.6. The fourth-order valence-electron chi connectivity index (χ4n) is 7.87. The predicted octanol–water partition coefficient (Wildman–Crippen LogP) is 8.83. The highest BCUT2D eigenvalue weighted by Gasteiger charge is 2.54. The highest BCUT2D eigenvalue weighted by Crippen LogP contribution is 2.51. The Morgan fingerprint density at radius 2 is 1.50 bits per heavy atom. The van der Waals surface area contributed by atoms with Crippen LogP contribution in [0.25, 0.3) is 5.57 Å². The number of nitrogens with zero attached hydrogens (tertiary/aromatic N) is 3. The molecule has 6 aromatic rings. The number of amides is 2. The summed E-state index contributed by atoms with van der Waals surface area (Å²) in [6, 6.07) is 39.6. The number of aromatic nitrogens is 2. The highest BCUT2D eigenvalue weighted by molar-refractivity contribution is 8.01. The third-order valence-corrected chi connectivity index (χ3v) is 16.2. The molecular formula is C50H48FN5O8PS3+. The van der Waals surface area contributed by atoms with E-state index in [2.05, 4.69) is 10.6 Å². The first-order valence-electron chi connectivity index (χ1n) is 21.4. The molecule has 0 unspecified atom stereocenters. The van der Waals surface area contributed by atoms with E-state index in [0.717, 1.165) is 33.0 Å². The van der Waals surface area contributed by atoms with E-state index < -0.39 is 49.0 Å². The normalized spacial score (nSPS) is 16.1. The maximum Gasteiger partial charge on any atom is 0.355 e. The van der Waals surface area contributed by atoms with Gasteiger partial charge in [-0.25, -0.2) is 18.7 Å². The van der Waals surface area contributed by atoms with Crippen LogP contribution in [0.15, 0.2) is 167 Å². The van der Waals surface area contributed by atoms with E-state index in [1.54, 1.807) is 53.7 Å². The second kappa shape index (κ2) is 21.9. The molecule has 0 aliphatic carbocycles. The van der Waals surface area contributed by atoms with Gasteiger partial charge in [-0.05, 0) is 40.0 Å². The summed E-state index contributed by atoms with van der Waals surface area (Å²) in [5.41, 5.74) is 3.41. The van der Waals surface area contributed by atoms with Crippen molar-refractivity contribution in [1.82, 2.24) is 15.2 Å². The van der Waals surface area contributed by atoms with Crippen molar-refractivity contribution in [2.45, 2.75) is 35.0 Å². The quantitative estimate of drug-likeness (QED) is 0.0143. The molecule has 2 atom stereocenters. The molecule has 2 aliphatic rings. The first-order chi connectivity index (χ1) is 33.1. The highest BCUT2D eigenvalue weighted by atomic mass is 32.2. The number of β-lactam (4-membered cyclic amide) rings is 1. The van der Waals surface area contributed by atoms with E-state index in [1.807, 2.05) is 103 Å². The number of anilines is 1. The number of esters is 1. The SMILES string of the molecule is COc1ccc(COC(=O)C2=C(CSc3cc[n+](CCF)cc3)CS[C@@H]3[C@H](NC(=O)/C(=C\P(=O)(OC)OC)c4csc(NC(c5ccccc5)(c5ccccc5)c5ccccc5)n4)C(=O)N23)cc1. The van der Waals surface area contributed by atoms with Crippen molar-refractivity contribution in [1.29, 1.82) is 0 Å². The molecule has 13 nitrogen and oxygen atoms in total. The number of carbonyl (C=O) groups is 3. The van der Waals surface area contributed by atoms with Gasteiger partial charge in [-0.1, -0.05) is 103 Å². The molecule has 0 radical (unpaired) electrons. The maximum atomic E-state index is 14.6. The smallest absolute Gasteiger partial charge is 0.355 e. The zero-order valence-corrected chi connectivity index (χ0v) is 40.6. The number of fused-ring (bicyclic) bond motifs is 1. The number of aryl methyl sites for hydroxylation is 1. The van der Waals surface area contributed by atoms with Crippen molar-refractivity contribution in [2.75, 3.05) is 44.8 Å². The molecule has 2 N–H and O–H groups in total. The minimum absolute atomic E-state index is 0.0547. The molecule has 18 heteroatoms. The molecule has 68 heavy (non-hydrogen) atoms. The lowest BCUT2D eigenvalue weighted by Gasteiger charge is -2.49. The van der Waals surface area contributed by atoms with Crippen LogP contribution in [0, 0.1) is 0 Å². The minimum atomic E-state index is -3.99. The Bertz CT molecular complexity index is 2730. The molecule has 8 rings (SSSR count). The van der Waals surface area contributed by atoms with Gasteiger partial charge in [-0.3, -0.25) is 19.1 Å². The Kier molecular flexibility index (Phi) is 15.6. The van der Waals surface area contributed by atoms with Crippen LogP contribution in [0.5, 0.6) is 5.75 Å². The summed E-state index contributed by atoms with van der Waals surface area (Å²) in [5, 5.41) is 8.00. The number of benzene rings is 4. The van der Waals surface area contributed by atoms with E-state index in [-0.39, 0.29) is 30.1 Å². The molecule has 2 aliphatic heterocycles. The van der Waals surface area contributed by atoms with Gasteiger partial charge in [0.1, 0.15) is 41.7 Å². The number of methoxy groups -OCH3 is 1. The van der Waals surface area contributed by atoms with Crippen LogP contribution in [-0.2, 0) is 51.4 Å². The van der Waals surface area contributed by atoms with Crippen molar-refractivity contribution < 1.29 is 46.4 Å². The van der Waals surface area contributed by atoms with Gasteiger partial charge >= 0.3 is 13.6 Å². The lowest BCUT2D eigenvalue weighted by atomic mass is 9.77. The Labute approximate surface area is 406 Å². The van der Waals surface area contributed by atoms with Crippen molar-refractivity contribution in [3.8, 4) is 5.75 Å². The Morgan fingerprint density at radius 1 is 0.897 bits per heavy atom. The summed E-state index contributed by atoms with van der Waals surface area (Å²) in [4.78, 5) is 50.1. The molecule has 4 heterocycles. The fourth-order valence-corrected chi connectivity index (χ4v) is 11.9. The lowest BCUT2D eigenvalue weighted by molar-refractivity contribution is -0.697. The molecule has 1 fully saturated rings. The Balaban J connectivity index is 1.07. The molecule has 4 aromatic carbocycles. The Morgan fingerprint density at radius 3 is 2.06 bits per heavy atom. The second-order valence-corrected chi connectivity index (χ2v) is 20.5. The van der Waals surface area contributed by atoms with Crippen molar-refractivity contribution in [3.63, 3.8) is 0 Å². The number of nitrogens with one attached hydrogen (secondary N) is 2. The van der Waals surface area contributed by atoms with Crippen LogP contribution in [0.1, 0.15) is 27.9 Å². The number of carbonyl (C=O) groups excluding carboxylic acids is 3. The fraction of sp³-hybridized carbons (Fsp3) is 0.220. The number of thioether (sulfide) groups is 2. The monoisotopic (exact) mass is 992 g/mol. The Hall–Kier alpha value is -6.07. The topological polar surface area (TPSA) is 149 Å². The van der Waals surface area contributed by atoms with E-state index >= 15 is 0 Å². The van der Waals surface area contributed by atoms with Crippen molar-refractivity contribution >= 4 is 70.9 Å². The summed E-state index contributed by atoms with van der Waals surface area (Å²) in [6.07, 6.45) is 3.57. The van der Waals surface area contributed by atoms with Gasteiger partial charge in [0.25, 0.3) is 11.8 Å². The number of hydrogen-bond donors (Lipinski definition) is 2. The summed E-state index contributed by atoms with van der Waals surface area (Å²) in [6.45, 7) is -0.303. The summed E-state index contributed by atoms with van der Waals surface area (Å²) in [5.74, 6) is 0.507. The van der Waals surface area contributed by atoms with E-state index in [0.29, 0.717) is 28.0 Å². The van der Waals surface area contributed by atoms with E-state index in [9.17, 15) is 23.3 Å². The number of alkyl halides is 1. The molecule has 0 saturated carbocycles. The molecule has 1 saturated heterocycles. The average molecular weight is 993 g/mol. The minimum Gasteiger partial charge on any atom is -0.497 e. The zero-order valence-electron chi connectivity index (χ0n) is 37.3. The predicted molar refractivity (Wildman–Crippen MR) is 263 cm³/mol. The van der Waals surface area contributed by atoms with Gasteiger partial charge in [0, 0.05) is 54.0 Å². The molecule has 2 aromatic heterocycles. The van der Waals surface area contributed by atoms with Gasteiger partial charge in [0.2, 0.25) is 0 Å². The number of ether oxygens (including phenoxy) is 2. The molecule has 0 spiro atoms. The van der Waals surface area contributed by atoms with Gasteiger partial charge in [0.15, 0.2) is 24.1 Å². The first-order valence-corrected chi connectivity index (χ1v) is 25.9. The van der Waals surface area contributed by atoms with Crippen LogP contribution in [0.4, 0.5) is 9.52 Å². The van der Waals surface area contributed by atoms with Crippen molar-refractivity contribution in [2.24, 2.45) is 0 Å². The average Bonchev–Trinajstić information content (AvgIpc) is 3.86. The van der Waals surface area contributed by atoms with E-state index in [4.69, 9.17) is 23.5 Å². The second-order valence-electron chi connectivity index (χ2n) is 15.4. The van der Waals surface area contributed by atoms with Gasteiger partial charge in [-0.15, -0.1) is 34.9 Å². The third-order valence-electron chi connectivity index (χ3n) is 11.4. The third kappa shape index (κ3) is 10.5. The number of halogens is 1. The molecular weight excluding hydrogens is 945 g/mol. The van der Waals surface area contributed by atoms with Crippen LogP contribution < -0.4 is 19.9 Å². The van der Waals surface area contributed by atoms with Gasteiger partial charge in [0.05, 0.1) is 18.4 Å². The van der Waals surface area contributed by atoms with Crippen molar-refractivity contribution in [3.05, 3.63) is 190 Å². The molecule has 0 bridgehead atoms. The number of rotatable bonds is 20. The molecule has 2 amide bonds. The van der Waals surface area contributed by atoms with Gasteiger partial charge < -0.3 is 29.2 Å². The first kappa shape index (κ1) is 48.4. The summed E-state index contributed by atoms with van der Waals surface area (Å²) >= 11 is 4.11. The van der Waals surface area contributed by atoms with E-state index in [1.165, 1.54) is 54.0 Å².